The van der Waals surface area contributed by atoms with E-state index in [1.807, 2.05) is 30.3 Å². The number of para-hydroxylation sites is 1. The smallest absolute Gasteiger partial charge is 0.277 e. The van der Waals surface area contributed by atoms with Gasteiger partial charge in [0.15, 0.2) is 8.29 Å². The van der Waals surface area contributed by atoms with Crippen LogP contribution in [0.25, 0.3) is 5.69 Å². The summed E-state index contributed by atoms with van der Waals surface area (Å²) in [6.07, 6.45) is 2.64. The minimum Gasteiger partial charge on any atom is -0.277 e. The van der Waals surface area contributed by atoms with Gasteiger partial charge in [0, 0.05) is 12.4 Å². The highest BCUT2D eigenvalue weighted by molar-refractivity contribution is 8.00. The third-order valence-electron chi connectivity index (χ3n) is 2.81. The molecule has 0 fully saturated rings. The Labute approximate surface area is 138 Å². The van der Waals surface area contributed by atoms with Crippen LogP contribution in [0.4, 0.5) is 8.78 Å². The van der Waals surface area contributed by atoms with Gasteiger partial charge >= 0.3 is 6.55 Å². The normalized spacial score (nSPS) is 11.2. The van der Waals surface area contributed by atoms with Crippen molar-refractivity contribution in [2.45, 2.75) is 16.6 Å². The van der Waals surface area contributed by atoms with Crippen molar-refractivity contribution in [3.8, 4) is 5.69 Å². The van der Waals surface area contributed by atoms with Crippen LogP contribution in [0.2, 0.25) is 0 Å². The van der Waals surface area contributed by atoms with E-state index in [1.54, 1.807) is 4.68 Å². The minimum atomic E-state index is -2.59. The molecule has 0 saturated heterocycles. The molecule has 0 aliphatic rings. The van der Waals surface area contributed by atoms with Crippen LogP contribution in [0, 0.1) is 3.95 Å². The van der Waals surface area contributed by atoms with E-state index in [-0.39, 0.29) is 0 Å². The predicted octanol–water partition coefficient (Wildman–Crippen LogP) is 4.55. The molecule has 0 saturated carbocycles. The van der Waals surface area contributed by atoms with Gasteiger partial charge in [-0.3, -0.25) is 4.57 Å². The van der Waals surface area contributed by atoms with Crippen molar-refractivity contribution in [1.82, 2.24) is 19.3 Å². The molecule has 114 valence electrons. The van der Waals surface area contributed by atoms with Crippen LogP contribution >= 0.6 is 35.3 Å². The average molecular weight is 356 g/mol. The number of hydrogen-bond acceptors (Lipinski definition) is 5. The fraction of sp³-hybridized carbons (Fsp3) is 0.154. The number of alkyl halides is 2. The van der Waals surface area contributed by atoms with Gasteiger partial charge < -0.3 is 0 Å². The van der Waals surface area contributed by atoms with Gasteiger partial charge in [0.25, 0.3) is 0 Å². The van der Waals surface area contributed by atoms with Gasteiger partial charge in [0.1, 0.15) is 5.82 Å². The zero-order valence-electron chi connectivity index (χ0n) is 11.1. The number of hydrogen-bond donors (Lipinski definition) is 0. The Balaban J connectivity index is 1.77. The molecule has 0 bridgehead atoms. The van der Waals surface area contributed by atoms with E-state index >= 15 is 0 Å². The Kier molecular flexibility index (Phi) is 4.65. The molecule has 1 aromatic carbocycles. The maximum atomic E-state index is 12.8. The number of rotatable bonds is 5. The molecular formula is C13H10F2N4S3. The second-order valence-corrected chi connectivity index (χ2v) is 7.04. The third kappa shape index (κ3) is 3.26. The van der Waals surface area contributed by atoms with Gasteiger partial charge in [-0.05, 0) is 24.4 Å². The summed E-state index contributed by atoms with van der Waals surface area (Å²) in [5.41, 5.74) is 0.879. The van der Waals surface area contributed by atoms with Gasteiger partial charge in [-0.15, -0.1) is 5.10 Å². The largest absolute Gasteiger partial charge is 0.319 e. The van der Waals surface area contributed by atoms with Crippen molar-refractivity contribution < 1.29 is 8.78 Å². The Hall–Kier alpha value is -1.58. The van der Waals surface area contributed by atoms with Crippen molar-refractivity contribution in [2.75, 3.05) is 0 Å². The third-order valence-corrected chi connectivity index (χ3v) is 5.18. The van der Waals surface area contributed by atoms with E-state index in [0.29, 0.717) is 15.5 Å². The minimum absolute atomic E-state index is 0.312. The molecule has 0 unspecified atom stereocenters. The highest BCUT2D eigenvalue weighted by Crippen LogP contribution is 2.27. The van der Waals surface area contributed by atoms with Crippen LogP contribution in [0.1, 0.15) is 12.4 Å². The zero-order valence-corrected chi connectivity index (χ0v) is 13.5. The van der Waals surface area contributed by atoms with Crippen molar-refractivity contribution >= 4 is 35.3 Å². The standard InChI is InChI=1S/C13H10F2N4S3/c14-11(15)18-7-6-16-10(18)8-21-12-17-19(13(20)22-12)9-4-2-1-3-5-9/h1-7,11H,8H2. The summed E-state index contributed by atoms with van der Waals surface area (Å²) in [6, 6.07) is 9.55. The van der Waals surface area contributed by atoms with Gasteiger partial charge in [-0.2, -0.15) is 8.78 Å². The molecule has 3 aromatic rings. The van der Waals surface area contributed by atoms with Gasteiger partial charge in [0.05, 0.1) is 11.4 Å². The van der Waals surface area contributed by atoms with Crippen molar-refractivity contribution in [3.05, 3.63) is 52.5 Å². The van der Waals surface area contributed by atoms with E-state index in [0.717, 1.165) is 14.6 Å². The Bertz CT molecular complexity index is 810. The molecule has 0 spiro atoms. The van der Waals surface area contributed by atoms with Gasteiger partial charge in [-0.25, -0.2) is 9.67 Å². The van der Waals surface area contributed by atoms with Crippen LogP contribution in [-0.4, -0.2) is 19.3 Å². The predicted molar refractivity (Wildman–Crippen MR) is 85.3 cm³/mol. The van der Waals surface area contributed by atoms with E-state index in [4.69, 9.17) is 12.2 Å². The molecule has 4 nitrogen and oxygen atoms in total. The first-order chi connectivity index (χ1) is 10.6. The lowest BCUT2D eigenvalue weighted by Gasteiger charge is -2.04. The number of imidazole rings is 1. The fourth-order valence-corrected chi connectivity index (χ4v) is 4.12. The lowest BCUT2D eigenvalue weighted by molar-refractivity contribution is 0.0678. The van der Waals surface area contributed by atoms with Gasteiger partial charge in [-0.1, -0.05) is 41.3 Å². The van der Waals surface area contributed by atoms with Crippen LogP contribution in [0.3, 0.4) is 0 Å². The summed E-state index contributed by atoms with van der Waals surface area (Å²) in [5, 5.41) is 4.42. The summed E-state index contributed by atoms with van der Waals surface area (Å²) < 4.78 is 29.4. The SMILES string of the molecule is FC(F)n1ccnc1CSc1nn(-c2ccccc2)c(=S)s1. The first-order valence-corrected chi connectivity index (χ1v) is 8.44. The van der Waals surface area contributed by atoms with Crippen LogP contribution < -0.4 is 0 Å². The molecule has 0 atom stereocenters. The molecule has 0 amide bonds. The molecular weight excluding hydrogens is 346 g/mol. The van der Waals surface area contributed by atoms with Crippen LogP contribution in [0.5, 0.6) is 0 Å². The van der Waals surface area contributed by atoms with E-state index in [1.165, 1.54) is 35.5 Å². The molecule has 2 aromatic heterocycles. The van der Waals surface area contributed by atoms with Gasteiger partial charge in [0.2, 0.25) is 0 Å². The van der Waals surface area contributed by atoms with Crippen LogP contribution in [0.15, 0.2) is 47.1 Å². The van der Waals surface area contributed by atoms with Crippen molar-refractivity contribution in [2.24, 2.45) is 0 Å². The summed E-state index contributed by atoms with van der Waals surface area (Å²) in [7, 11) is 0. The molecule has 2 heterocycles. The first kappa shape index (κ1) is 15.3. The fourth-order valence-electron chi connectivity index (χ4n) is 1.81. The Morgan fingerprint density at radius 1 is 1.27 bits per heavy atom. The molecule has 3 rings (SSSR count). The Morgan fingerprint density at radius 2 is 2.05 bits per heavy atom. The second kappa shape index (κ2) is 6.67. The maximum Gasteiger partial charge on any atom is 0.319 e. The monoisotopic (exact) mass is 356 g/mol. The number of thioether (sulfide) groups is 1. The second-order valence-electron chi connectivity index (χ2n) is 4.20. The molecule has 22 heavy (non-hydrogen) atoms. The van der Waals surface area contributed by atoms with E-state index in [2.05, 4.69) is 10.1 Å². The lowest BCUT2D eigenvalue weighted by atomic mass is 10.3. The maximum absolute atomic E-state index is 12.8. The van der Waals surface area contributed by atoms with E-state index < -0.39 is 6.55 Å². The zero-order chi connectivity index (χ0) is 15.5. The number of nitrogens with zero attached hydrogens (tertiary/aromatic N) is 4. The lowest BCUT2D eigenvalue weighted by Crippen LogP contribution is -2.02. The van der Waals surface area contributed by atoms with E-state index in [9.17, 15) is 8.78 Å². The molecule has 0 radical (unpaired) electrons. The molecule has 0 N–H and O–H groups in total. The molecule has 0 aliphatic heterocycles. The number of aromatic nitrogens is 4. The molecule has 9 heteroatoms. The summed E-state index contributed by atoms with van der Waals surface area (Å²) in [6.45, 7) is -2.59. The highest BCUT2D eigenvalue weighted by Gasteiger charge is 2.13. The summed E-state index contributed by atoms with van der Waals surface area (Å²) in [4.78, 5) is 3.95. The van der Waals surface area contributed by atoms with Crippen molar-refractivity contribution in [1.29, 1.82) is 0 Å². The summed E-state index contributed by atoms with van der Waals surface area (Å²) in [5.74, 6) is 0.626. The number of halogens is 2. The Morgan fingerprint density at radius 3 is 2.77 bits per heavy atom. The topological polar surface area (TPSA) is 35.6 Å². The quantitative estimate of drug-likeness (QED) is 0.496. The number of benzene rings is 1. The highest BCUT2D eigenvalue weighted by atomic mass is 32.2. The molecule has 0 aliphatic carbocycles. The summed E-state index contributed by atoms with van der Waals surface area (Å²) >= 11 is 7.99. The van der Waals surface area contributed by atoms with Crippen LogP contribution in [-0.2, 0) is 5.75 Å². The van der Waals surface area contributed by atoms with Crippen molar-refractivity contribution in [3.63, 3.8) is 0 Å². The first-order valence-electron chi connectivity index (χ1n) is 6.23. The average Bonchev–Trinajstić information content (AvgIpc) is 3.12.